The molecule has 0 spiro atoms. The number of nitrogens with one attached hydrogen (secondary N) is 1. The lowest BCUT2D eigenvalue weighted by Crippen LogP contribution is -2.19. The van der Waals surface area contributed by atoms with Crippen molar-refractivity contribution in [1.29, 1.82) is 0 Å². The number of alkyl carbamates (subject to hydrolysis) is 1. The molecule has 0 aliphatic carbocycles. The number of carbonyl (C=O) groups excluding carboxylic acids is 1. The Balaban J connectivity index is 2.95. The molecule has 0 aromatic carbocycles. The zero-order chi connectivity index (χ0) is 9.23. The summed E-state index contributed by atoms with van der Waals surface area (Å²) in [5.41, 5.74) is 0. The van der Waals surface area contributed by atoms with Crippen LogP contribution in [-0.4, -0.2) is 19.7 Å². The van der Waals surface area contributed by atoms with Gasteiger partial charge in [0.05, 0.1) is 6.61 Å². The highest BCUT2D eigenvalue weighted by Gasteiger charge is 1.95. The van der Waals surface area contributed by atoms with Gasteiger partial charge in [-0.2, -0.15) is 0 Å². The number of rotatable bonds is 6. The predicted molar refractivity (Wildman–Crippen MR) is 48.8 cm³/mol. The van der Waals surface area contributed by atoms with E-state index in [0.29, 0.717) is 6.61 Å². The van der Waals surface area contributed by atoms with Crippen molar-refractivity contribution in [2.45, 2.75) is 32.1 Å². The Morgan fingerprint density at radius 2 is 2.00 bits per heavy atom. The van der Waals surface area contributed by atoms with Crippen LogP contribution in [0.15, 0.2) is 0 Å². The molecule has 12 heavy (non-hydrogen) atoms. The second kappa shape index (κ2) is 8.37. The molecule has 0 bridgehead atoms. The molecule has 0 heterocycles. The Morgan fingerprint density at radius 1 is 1.33 bits per heavy atom. The highest BCUT2D eigenvalue weighted by atomic mass is 16.5. The van der Waals surface area contributed by atoms with Gasteiger partial charge in [-0.1, -0.05) is 32.6 Å². The average molecular weight is 172 g/mol. The highest BCUT2D eigenvalue weighted by Crippen LogP contribution is 2.01. The predicted octanol–water partition coefficient (Wildman–Crippen LogP) is 2.13. The van der Waals surface area contributed by atoms with Gasteiger partial charge in [-0.05, 0) is 6.42 Å². The van der Waals surface area contributed by atoms with Gasteiger partial charge < -0.3 is 10.1 Å². The fourth-order valence-corrected chi connectivity index (χ4v) is 0.869. The quantitative estimate of drug-likeness (QED) is 0.623. The minimum absolute atomic E-state index is 0.341. The third kappa shape index (κ3) is 7.38. The van der Waals surface area contributed by atoms with Crippen molar-refractivity contribution < 1.29 is 9.53 Å². The lowest BCUT2D eigenvalue weighted by molar-refractivity contribution is 0.146. The standard InChI is InChI=1S/C9H18NO2/c1-3-4-5-6-7-8-12-9(11)10-2/h1,3-8H2,2H3,(H,10,11). The van der Waals surface area contributed by atoms with Gasteiger partial charge in [0.15, 0.2) is 0 Å². The Labute approximate surface area is 74.5 Å². The Bertz CT molecular complexity index is 115. The number of carbonyl (C=O) groups is 1. The van der Waals surface area contributed by atoms with Gasteiger partial charge in [0, 0.05) is 7.05 Å². The molecule has 0 atom stereocenters. The van der Waals surface area contributed by atoms with E-state index in [1.54, 1.807) is 7.05 Å². The topological polar surface area (TPSA) is 38.3 Å². The first-order valence-corrected chi connectivity index (χ1v) is 4.45. The molecule has 0 saturated heterocycles. The molecular weight excluding hydrogens is 154 g/mol. The van der Waals surface area contributed by atoms with Crippen molar-refractivity contribution in [2.24, 2.45) is 0 Å². The van der Waals surface area contributed by atoms with Crippen molar-refractivity contribution in [3.05, 3.63) is 6.92 Å². The molecule has 0 saturated carbocycles. The van der Waals surface area contributed by atoms with Crippen LogP contribution in [0.3, 0.4) is 0 Å². The second-order valence-corrected chi connectivity index (χ2v) is 2.65. The number of unbranched alkanes of at least 4 members (excludes halogenated alkanes) is 4. The fraction of sp³-hybridized carbons (Fsp3) is 0.778. The van der Waals surface area contributed by atoms with Crippen LogP contribution < -0.4 is 5.32 Å². The van der Waals surface area contributed by atoms with Crippen LogP contribution in [-0.2, 0) is 4.74 Å². The summed E-state index contributed by atoms with van der Waals surface area (Å²) in [5.74, 6) is 0. The van der Waals surface area contributed by atoms with Crippen LogP contribution >= 0.6 is 0 Å². The van der Waals surface area contributed by atoms with Gasteiger partial charge >= 0.3 is 6.09 Å². The van der Waals surface area contributed by atoms with Gasteiger partial charge in [0.1, 0.15) is 0 Å². The largest absolute Gasteiger partial charge is 0.450 e. The zero-order valence-corrected chi connectivity index (χ0v) is 7.77. The van der Waals surface area contributed by atoms with E-state index in [2.05, 4.69) is 12.2 Å². The molecular formula is C9H18NO2. The zero-order valence-electron chi connectivity index (χ0n) is 7.77. The third-order valence-corrected chi connectivity index (χ3v) is 1.58. The normalized spacial score (nSPS) is 9.50. The number of ether oxygens (including phenoxy) is 1. The summed E-state index contributed by atoms with van der Waals surface area (Å²) in [6.07, 6.45) is 5.07. The second-order valence-electron chi connectivity index (χ2n) is 2.65. The van der Waals surface area contributed by atoms with E-state index in [0.717, 1.165) is 19.3 Å². The van der Waals surface area contributed by atoms with Crippen molar-refractivity contribution in [3.63, 3.8) is 0 Å². The lowest BCUT2D eigenvalue weighted by Gasteiger charge is -2.02. The first-order chi connectivity index (χ1) is 5.81. The molecule has 0 fully saturated rings. The van der Waals surface area contributed by atoms with E-state index >= 15 is 0 Å². The SMILES string of the molecule is [CH2]CCCCCCOC(=O)NC. The molecule has 0 aromatic rings. The van der Waals surface area contributed by atoms with Gasteiger partial charge in [0.2, 0.25) is 0 Å². The summed E-state index contributed by atoms with van der Waals surface area (Å²) in [6, 6.07) is 0. The molecule has 71 valence electrons. The van der Waals surface area contributed by atoms with E-state index in [9.17, 15) is 4.79 Å². The molecule has 1 amide bonds. The van der Waals surface area contributed by atoms with E-state index in [4.69, 9.17) is 4.74 Å². The monoisotopic (exact) mass is 172 g/mol. The van der Waals surface area contributed by atoms with Crippen molar-refractivity contribution in [2.75, 3.05) is 13.7 Å². The summed E-state index contributed by atoms with van der Waals surface area (Å²) in [4.78, 5) is 10.6. The van der Waals surface area contributed by atoms with Gasteiger partial charge in [0.25, 0.3) is 0 Å². The summed E-state index contributed by atoms with van der Waals surface area (Å²) in [5, 5.41) is 2.40. The summed E-state index contributed by atoms with van der Waals surface area (Å²) < 4.78 is 4.81. The van der Waals surface area contributed by atoms with Gasteiger partial charge in [-0.3, -0.25) is 0 Å². The molecule has 1 N–H and O–H groups in total. The van der Waals surface area contributed by atoms with E-state index in [-0.39, 0.29) is 6.09 Å². The Kier molecular flexibility index (Phi) is 7.86. The van der Waals surface area contributed by atoms with E-state index in [1.807, 2.05) is 0 Å². The van der Waals surface area contributed by atoms with Crippen molar-refractivity contribution in [1.82, 2.24) is 5.32 Å². The minimum Gasteiger partial charge on any atom is -0.450 e. The summed E-state index contributed by atoms with van der Waals surface area (Å²) in [7, 11) is 1.56. The number of hydrogen-bond donors (Lipinski definition) is 1. The summed E-state index contributed by atoms with van der Waals surface area (Å²) >= 11 is 0. The van der Waals surface area contributed by atoms with Gasteiger partial charge in [-0.25, -0.2) is 4.79 Å². The van der Waals surface area contributed by atoms with E-state index in [1.165, 1.54) is 12.8 Å². The van der Waals surface area contributed by atoms with Crippen molar-refractivity contribution >= 4 is 6.09 Å². The first kappa shape index (κ1) is 11.3. The first-order valence-electron chi connectivity index (χ1n) is 4.45. The molecule has 0 aromatic heterocycles. The minimum atomic E-state index is -0.341. The number of amides is 1. The van der Waals surface area contributed by atoms with Crippen LogP contribution in [0.4, 0.5) is 4.79 Å². The number of hydrogen-bond acceptors (Lipinski definition) is 2. The lowest BCUT2D eigenvalue weighted by atomic mass is 10.2. The van der Waals surface area contributed by atoms with E-state index < -0.39 is 0 Å². The highest BCUT2D eigenvalue weighted by molar-refractivity contribution is 5.66. The molecule has 3 heteroatoms. The van der Waals surface area contributed by atoms with Crippen LogP contribution in [0, 0.1) is 6.92 Å². The Hall–Kier alpha value is -0.730. The molecule has 3 nitrogen and oxygen atoms in total. The van der Waals surface area contributed by atoms with Crippen LogP contribution in [0.1, 0.15) is 32.1 Å². The Morgan fingerprint density at radius 3 is 2.58 bits per heavy atom. The average Bonchev–Trinajstić information content (AvgIpc) is 2.10. The maximum Gasteiger partial charge on any atom is 0.406 e. The molecule has 0 rings (SSSR count). The molecule has 0 aliphatic heterocycles. The molecule has 0 unspecified atom stereocenters. The maximum absolute atomic E-state index is 10.6. The summed E-state index contributed by atoms with van der Waals surface area (Å²) in [6.45, 7) is 4.27. The smallest absolute Gasteiger partial charge is 0.406 e. The van der Waals surface area contributed by atoms with Crippen LogP contribution in [0.2, 0.25) is 0 Å². The van der Waals surface area contributed by atoms with Crippen LogP contribution in [0.25, 0.3) is 0 Å². The maximum atomic E-state index is 10.6. The molecule has 1 radical (unpaired) electrons. The fourth-order valence-electron chi connectivity index (χ4n) is 0.869. The molecule has 0 aliphatic rings. The third-order valence-electron chi connectivity index (χ3n) is 1.58. The van der Waals surface area contributed by atoms with Crippen LogP contribution in [0.5, 0.6) is 0 Å². The van der Waals surface area contributed by atoms with Gasteiger partial charge in [-0.15, -0.1) is 0 Å². The van der Waals surface area contributed by atoms with Crippen molar-refractivity contribution in [3.8, 4) is 0 Å².